The molecule has 1 unspecified atom stereocenters. The molecule has 18 heavy (non-hydrogen) atoms. The molecule has 0 aliphatic rings. The number of aromatic nitrogens is 2. The largest absolute Gasteiger partial charge is 0.508 e. The third kappa shape index (κ3) is 2.69. The van der Waals surface area contributed by atoms with Crippen molar-refractivity contribution in [3.63, 3.8) is 0 Å². The first-order chi connectivity index (χ1) is 8.49. The van der Waals surface area contributed by atoms with E-state index in [1.807, 2.05) is 0 Å². The Labute approximate surface area is 105 Å². The van der Waals surface area contributed by atoms with Crippen LogP contribution in [0.25, 0.3) is 0 Å². The number of rotatable bonds is 4. The standard InChI is InChI=1S/C11H13N3O3S/c1-8(9-3-2-4-10(15)7-9)14-18(16,17)11-5-6-12-13-11/h2-8,14-15H,1H3,(H,12,13). The lowest BCUT2D eigenvalue weighted by atomic mass is 10.1. The summed E-state index contributed by atoms with van der Waals surface area (Å²) in [6, 6.07) is 7.36. The highest BCUT2D eigenvalue weighted by atomic mass is 32.2. The van der Waals surface area contributed by atoms with Gasteiger partial charge < -0.3 is 5.11 Å². The SMILES string of the molecule is CC(NS(=O)(=O)c1ccn[nH]1)c1cccc(O)c1. The zero-order valence-electron chi connectivity index (χ0n) is 9.66. The number of sulfonamides is 1. The Morgan fingerprint density at radius 2 is 2.17 bits per heavy atom. The summed E-state index contributed by atoms with van der Waals surface area (Å²) in [6.45, 7) is 1.70. The molecule has 0 saturated heterocycles. The first kappa shape index (κ1) is 12.6. The van der Waals surface area contributed by atoms with Crippen LogP contribution in [0.5, 0.6) is 5.75 Å². The highest BCUT2D eigenvalue weighted by Crippen LogP contribution is 2.19. The van der Waals surface area contributed by atoms with Gasteiger partial charge in [0.25, 0.3) is 10.0 Å². The number of H-pyrrole nitrogens is 1. The van der Waals surface area contributed by atoms with Crippen molar-refractivity contribution in [2.45, 2.75) is 18.0 Å². The summed E-state index contributed by atoms with van der Waals surface area (Å²) in [5, 5.41) is 15.4. The molecule has 7 heteroatoms. The van der Waals surface area contributed by atoms with Gasteiger partial charge in [-0.3, -0.25) is 5.10 Å². The molecule has 1 aromatic heterocycles. The minimum atomic E-state index is -3.63. The van der Waals surface area contributed by atoms with E-state index in [0.717, 1.165) is 0 Å². The van der Waals surface area contributed by atoms with Crippen LogP contribution in [-0.4, -0.2) is 23.7 Å². The van der Waals surface area contributed by atoms with Gasteiger partial charge >= 0.3 is 0 Å². The van der Waals surface area contributed by atoms with Crippen molar-refractivity contribution in [3.8, 4) is 5.75 Å². The average Bonchev–Trinajstić information content (AvgIpc) is 2.82. The molecule has 0 radical (unpaired) electrons. The second-order valence-electron chi connectivity index (χ2n) is 3.86. The summed E-state index contributed by atoms with van der Waals surface area (Å²) in [7, 11) is -3.63. The van der Waals surface area contributed by atoms with Gasteiger partial charge in [-0.05, 0) is 30.7 Å². The summed E-state index contributed by atoms with van der Waals surface area (Å²) in [5.74, 6) is 0.0973. The van der Waals surface area contributed by atoms with Crippen molar-refractivity contribution in [1.82, 2.24) is 14.9 Å². The molecule has 2 rings (SSSR count). The predicted molar refractivity (Wildman–Crippen MR) is 65.4 cm³/mol. The summed E-state index contributed by atoms with van der Waals surface area (Å²) in [5.41, 5.74) is 0.679. The minimum Gasteiger partial charge on any atom is -0.508 e. The van der Waals surface area contributed by atoms with Crippen LogP contribution < -0.4 is 4.72 Å². The summed E-state index contributed by atoms with van der Waals surface area (Å²) in [6.07, 6.45) is 1.37. The average molecular weight is 267 g/mol. The third-order valence-corrected chi connectivity index (χ3v) is 3.94. The maximum atomic E-state index is 11.9. The number of hydrogen-bond donors (Lipinski definition) is 3. The normalized spacial score (nSPS) is 13.4. The first-order valence-electron chi connectivity index (χ1n) is 5.30. The maximum Gasteiger partial charge on any atom is 0.258 e. The molecule has 1 atom stereocenters. The van der Waals surface area contributed by atoms with Gasteiger partial charge in [-0.1, -0.05) is 12.1 Å². The number of benzene rings is 1. The van der Waals surface area contributed by atoms with Gasteiger partial charge in [0.1, 0.15) is 5.75 Å². The Bertz CT molecular complexity index is 623. The van der Waals surface area contributed by atoms with Crippen LogP contribution in [-0.2, 0) is 10.0 Å². The topological polar surface area (TPSA) is 95.1 Å². The van der Waals surface area contributed by atoms with Gasteiger partial charge in [0.2, 0.25) is 0 Å². The van der Waals surface area contributed by atoms with E-state index in [4.69, 9.17) is 0 Å². The molecule has 2 aromatic rings. The zero-order valence-corrected chi connectivity index (χ0v) is 10.5. The predicted octanol–water partition coefficient (Wildman–Crippen LogP) is 1.15. The fourth-order valence-electron chi connectivity index (χ4n) is 1.55. The van der Waals surface area contributed by atoms with Gasteiger partial charge in [-0.2, -0.15) is 5.10 Å². The molecule has 1 aromatic carbocycles. The maximum absolute atomic E-state index is 11.9. The number of hydrogen-bond acceptors (Lipinski definition) is 4. The molecule has 0 amide bonds. The number of aromatic amines is 1. The van der Waals surface area contributed by atoms with Crippen LogP contribution in [0.2, 0.25) is 0 Å². The molecule has 3 N–H and O–H groups in total. The number of nitrogens with one attached hydrogen (secondary N) is 2. The minimum absolute atomic E-state index is 0.00880. The number of nitrogens with zero attached hydrogens (tertiary/aromatic N) is 1. The van der Waals surface area contributed by atoms with Crippen LogP contribution in [0.3, 0.4) is 0 Å². The highest BCUT2D eigenvalue weighted by Gasteiger charge is 2.19. The summed E-state index contributed by atoms with van der Waals surface area (Å²) in [4.78, 5) is 0. The van der Waals surface area contributed by atoms with Crippen molar-refractivity contribution < 1.29 is 13.5 Å². The van der Waals surface area contributed by atoms with E-state index in [-0.39, 0.29) is 10.8 Å². The van der Waals surface area contributed by atoms with Crippen molar-refractivity contribution in [1.29, 1.82) is 0 Å². The molecular formula is C11H13N3O3S. The number of phenols is 1. The fraction of sp³-hybridized carbons (Fsp3) is 0.182. The molecule has 96 valence electrons. The van der Waals surface area contributed by atoms with E-state index >= 15 is 0 Å². The Hall–Kier alpha value is -1.86. The zero-order chi connectivity index (χ0) is 13.2. The van der Waals surface area contributed by atoms with E-state index in [0.29, 0.717) is 5.56 Å². The molecule has 0 fully saturated rings. The second-order valence-corrected chi connectivity index (χ2v) is 5.54. The molecule has 6 nitrogen and oxygen atoms in total. The van der Waals surface area contributed by atoms with E-state index in [2.05, 4.69) is 14.9 Å². The van der Waals surface area contributed by atoms with E-state index in [9.17, 15) is 13.5 Å². The molecule has 1 heterocycles. The molecule has 0 aliphatic carbocycles. The van der Waals surface area contributed by atoms with Crippen molar-refractivity contribution in [2.24, 2.45) is 0 Å². The number of phenolic OH excluding ortho intramolecular Hbond substituents is 1. The molecular weight excluding hydrogens is 254 g/mol. The Kier molecular flexibility index (Phi) is 3.35. The lowest BCUT2D eigenvalue weighted by molar-refractivity contribution is 0.473. The Morgan fingerprint density at radius 1 is 1.39 bits per heavy atom. The monoisotopic (exact) mass is 267 g/mol. The van der Waals surface area contributed by atoms with Crippen molar-refractivity contribution in [2.75, 3.05) is 0 Å². The van der Waals surface area contributed by atoms with Crippen LogP contribution in [0.1, 0.15) is 18.5 Å². The van der Waals surface area contributed by atoms with Crippen LogP contribution in [0.15, 0.2) is 41.6 Å². The van der Waals surface area contributed by atoms with Gasteiger partial charge in [0.05, 0.1) is 6.20 Å². The summed E-state index contributed by atoms with van der Waals surface area (Å²) < 4.78 is 26.3. The second kappa shape index (κ2) is 4.79. The van der Waals surface area contributed by atoms with Gasteiger partial charge in [0.15, 0.2) is 5.03 Å². The van der Waals surface area contributed by atoms with E-state index in [1.165, 1.54) is 24.4 Å². The lowest BCUT2D eigenvalue weighted by Gasteiger charge is -2.13. The summed E-state index contributed by atoms with van der Waals surface area (Å²) >= 11 is 0. The highest BCUT2D eigenvalue weighted by molar-refractivity contribution is 7.89. The first-order valence-corrected chi connectivity index (χ1v) is 6.78. The smallest absolute Gasteiger partial charge is 0.258 e. The van der Waals surface area contributed by atoms with E-state index in [1.54, 1.807) is 19.1 Å². The third-order valence-electron chi connectivity index (χ3n) is 2.47. The molecule has 0 saturated carbocycles. The van der Waals surface area contributed by atoms with E-state index < -0.39 is 16.1 Å². The fourth-order valence-corrected chi connectivity index (χ4v) is 2.69. The van der Waals surface area contributed by atoms with Gasteiger partial charge in [-0.25, -0.2) is 13.1 Å². The number of aromatic hydroxyl groups is 1. The molecule has 0 bridgehead atoms. The Balaban J connectivity index is 2.20. The van der Waals surface area contributed by atoms with Crippen LogP contribution in [0, 0.1) is 0 Å². The van der Waals surface area contributed by atoms with Crippen LogP contribution in [0.4, 0.5) is 0 Å². The van der Waals surface area contributed by atoms with Crippen LogP contribution >= 0.6 is 0 Å². The van der Waals surface area contributed by atoms with Crippen molar-refractivity contribution in [3.05, 3.63) is 42.1 Å². The van der Waals surface area contributed by atoms with Gasteiger partial charge in [0, 0.05) is 6.04 Å². The van der Waals surface area contributed by atoms with Gasteiger partial charge in [-0.15, -0.1) is 0 Å². The molecule has 0 aliphatic heterocycles. The van der Waals surface area contributed by atoms with Crippen molar-refractivity contribution >= 4 is 10.0 Å². The Morgan fingerprint density at radius 3 is 2.78 bits per heavy atom. The quantitative estimate of drug-likeness (QED) is 0.774. The lowest BCUT2D eigenvalue weighted by Crippen LogP contribution is -2.27. The molecule has 0 spiro atoms.